The zero-order valence-corrected chi connectivity index (χ0v) is 11.4. The number of rotatable bonds is 2. The maximum absolute atomic E-state index is 11.8. The van der Waals surface area contributed by atoms with Crippen molar-refractivity contribution in [3.63, 3.8) is 0 Å². The first-order valence-electron chi connectivity index (χ1n) is 6.93. The van der Waals surface area contributed by atoms with E-state index in [2.05, 4.69) is 15.6 Å². The van der Waals surface area contributed by atoms with Crippen LogP contribution in [0.25, 0.3) is 0 Å². The highest BCUT2D eigenvalue weighted by Gasteiger charge is 2.65. The van der Waals surface area contributed by atoms with Crippen molar-refractivity contribution < 1.29 is 9.53 Å². The van der Waals surface area contributed by atoms with E-state index in [1.54, 1.807) is 4.68 Å². The summed E-state index contributed by atoms with van der Waals surface area (Å²) in [6, 6.07) is 2.00. The molecule has 1 aromatic rings. The maximum atomic E-state index is 11.8. The minimum absolute atomic E-state index is 0.462. The third kappa shape index (κ3) is 1.88. The number of aromatic nitrogens is 3. The van der Waals surface area contributed by atoms with Gasteiger partial charge in [0.1, 0.15) is 12.2 Å². The second-order valence-electron chi connectivity index (χ2n) is 5.30. The minimum atomic E-state index is -1.31. The second kappa shape index (κ2) is 4.87. The summed E-state index contributed by atoms with van der Waals surface area (Å²) >= 11 is 0. The lowest BCUT2D eigenvalue weighted by Crippen LogP contribution is -2.29. The maximum Gasteiger partial charge on any atom is 0.344 e. The summed E-state index contributed by atoms with van der Waals surface area (Å²) in [5.41, 5.74) is 0.733. The van der Waals surface area contributed by atoms with Crippen molar-refractivity contribution in [2.24, 2.45) is 0 Å². The Morgan fingerprint density at radius 1 is 1.45 bits per heavy atom. The number of ether oxygens (including phenoxy) is 1. The van der Waals surface area contributed by atoms with Crippen LogP contribution in [0.5, 0.6) is 0 Å². The molecule has 20 heavy (non-hydrogen) atoms. The normalized spacial score (nSPS) is 28.7. The van der Waals surface area contributed by atoms with Gasteiger partial charge in [0.15, 0.2) is 0 Å². The molecule has 2 unspecified atom stereocenters. The van der Waals surface area contributed by atoms with Gasteiger partial charge in [0, 0.05) is 0 Å². The number of nitrogens with zero attached hydrogens (tertiary/aromatic N) is 4. The highest BCUT2D eigenvalue weighted by atomic mass is 16.5. The summed E-state index contributed by atoms with van der Waals surface area (Å²) in [5, 5.41) is 20.5. The number of esters is 1. The lowest BCUT2D eigenvalue weighted by atomic mass is 10.0. The zero-order valence-electron chi connectivity index (χ0n) is 11.4. The molecule has 2 atom stereocenters. The third-order valence-corrected chi connectivity index (χ3v) is 4.07. The van der Waals surface area contributed by atoms with Gasteiger partial charge in [-0.3, -0.25) is 5.32 Å². The standard InChI is InChI=1S/C13H17N5O2/c1-20-12(19)13(8-14)11(15-13)18-10-7-5-3-2-4-6-9(10)16-17-18/h11,15H,2-7H2,1H3. The summed E-state index contributed by atoms with van der Waals surface area (Å²) < 4.78 is 6.40. The molecule has 3 rings (SSSR count). The van der Waals surface area contributed by atoms with Crippen molar-refractivity contribution in [3.8, 4) is 6.07 Å². The smallest absolute Gasteiger partial charge is 0.344 e. The van der Waals surface area contributed by atoms with Gasteiger partial charge < -0.3 is 4.74 Å². The molecule has 1 aliphatic heterocycles. The van der Waals surface area contributed by atoms with Crippen molar-refractivity contribution in [2.45, 2.75) is 50.2 Å². The molecule has 1 fully saturated rings. The SMILES string of the molecule is COC(=O)C1(C#N)NC1n1nnc2c1CCCCCC2. The average Bonchev–Trinajstić information content (AvgIpc) is 3.07. The van der Waals surface area contributed by atoms with Crippen molar-refractivity contribution in [1.82, 2.24) is 20.3 Å². The van der Waals surface area contributed by atoms with Crippen molar-refractivity contribution in [2.75, 3.05) is 7.11 Å². The zero-order chi connectivity index (χ0) is 14.2. The van der Waals surface area contributed by atoms with Crippen molar-refractivity contribution in [3.05, 3.63) is 11.4 Å². The molecule has 2 aliphatic rings. The number of fused-ring (bicyclic) bond motifs is 1. The first-order chi connectivity index (χ1) is 9.73. The first-order valence-corrected chi connectivity index (χ1v) is 6.93. The molecule has 1 aliphatic carbocycles. The molecule has 1 N–H and O–H groups in total. The van der Waals surface area contributed by atoms with Crippen LogP contribution in [0, 0.1) is 11.3 Å². The van der Waals surface area contributed by atoms with E-state index in [9.17, 15) is 10.1 Å². The van der Waals surface area contributed by atoms with E-state index in [1.165, 1.54) is 20.0 Å². The fourth-order valence-electron chi connectivity index (χ4n) is 2.83. The van der Waals surface area contributed by atoms with E-state index in [0.717, 1.165) is 37.1 Å². The number of nitrogens with one attached hydrogen (secondary N) is 1. The molecule has 1 saturated heterocycles. The number of carbonyl (C=O) groups excluding carboxylic acids is 1. The Morgan fingerprint density at radius 2 is 2.20 bits per heavy atom. The third-order valence-electron chi connectivity index (χ3n) is 4.07. The van der Waals surface area contributed by atoms with Crippen LogP contribution in [0.2, 0.25) is 0 Å². The van der Waals surface area contributed by atoms with Crippen molar-refractivity contribution in [1.29, 1.82) is 5.26 Å². The molecular formula is C13H17N5O2. The fourth-order valence-corrected chi connectivity index (χ4v) is 2.83. The summed E-state index contributed by atoms with van der Waals surface area (Å²) in [7, 11) is 1.28. The number of methoxy groups -OCH3 is 1. The van der Waals surface area contributed by atoms with Gasteiger partial charge in [-0.05, 0) is 25.7 Å². The Balaban J connectivity index is 1.90. The van der Waals surface area contributed by atoms with Gasteiger partial charge in [0.2, 0.25) is 5.54 Å². The summed E-state index contributed by atoms with van der Waals surface area (Å²) in [5.74, 6) is -0.569. The lowest BCUT2D eigenvalue weighted by molar-refractivity contribution is -0.142. The average molecular weight is 275 g/mol. The van der Waals surface area contributed by atoms with Gasteiger partial charge in [-0.2, -0.15) is 5.26 Å². The minimum Gasteiger partial charge on any atom is -0.467 e. The molecule has 2 heterocycles. The van der Waals surface area contributed by atoms with E-state index >= 15 is 0 Å². The number of carbonyl (C=O) groups is 1. The Labute approximate surface area is 116 Å². The van der Waals surface area contributed by atoms with Gasteiger partial charge in [0.25, 0.3) is 0 Å². The largest absolute Gasteiger partial charge is 0.467 e. The van der Waals surface area contributed by atoms with Gasteiger partial charge in [-0.25, -0.2) is 9.48 Å². The number of nitriles is 1. The molecule has 1 aromatic heterocycles. The molecule has 0 bridgehead atoms. The summed E-state index contributed by atoms with van der Waals surface area (Å²) in [6.07, 6.45) is 5.97. The molecule has 7 heteroatoms. The molecule has 0 amide bonds. The van der Waals surface area contributed by atoms with Crippen LogP contribution in [-0.2, 0) is 22.4 Å². The van der Waals surface area contributed by atoms with Crippen molar-refractivity contribution >= 4 is 5.97 Å². The van der Waals surface area contributed by atoms with Crippen LogP contribution < -0.4 is 5.32 Å². The number of hydrogen-bond acceptors (Lipinski definition) is 6. The molecular weight excluding hydrogens is 258 g/mol. The van der Waals surface area contributed by atoms with Crippen LogP contribution in [0.4, 0.5) is 0 Å². The predicted octanol–water partition coefficient (Wildman–Crippen LogP) is 0.474. The molecule has 0 aromatic carbocycles. The highest BCUT2D eigenvalue weighted by Crippen LogP contribution is 2.38. The molecule has 0 saturated carbocycles. The van der Waals surface area contributed by atoms with Crippen LogP contribution in [-0.4, -0.2) is 33.6 Å². The number of hydrogen-bond donors (Lipinski definition) is 1. The van der Waals surface area contributed by atoms with Gasteiger partial charge >= 0.3 is 5.97 Å². The topological polar surface area (TPSA) is 103 Å². The fraction of sp³-hybridized carbons (Fsp3) is 0.692. The Hall–Kier alpha value is -1.94. The molecule has 7 nitrogen and oxygen atoms in total. The Morgan fingerprint density at radius 3 is 2.90 bits per heavy atom. The van der Waals surface area contributed by atoms with E-state index in [-0.39, 0.29) is 0 Å². The van der Waals surface area contributed by atoms with Gasteiger partial charge in [-0.1, -0.05) is 18.1 Å². The predicted molar refractivity (Wildman–Crippen MR) is 68.4 cm³/mol. The number of aryl methyl sites for hydroxylation is 1. The first kappa shape index (κ1) is 13.1. The van der Waals surface area contributed by atoms with Crippen LogP contribution in [0.15, 0.2) is 0 Å². The molecule has 0 radical (unpaired) electrons. The molecule has 106 valence electrons. The van der Waals surface area contributed by atoms with Gasteiger partial charge in [0.05, 0.1) is 18.5 Å². The summed E-state index contributed by atoms with van der Waals surface area (Å²) in [4.78, 5) is 11.8. The van der Waals surface area contributed by atoms with E-state index in [0.29, 0.717) is 0 Å². The van der Waals surface area contributed by atoms with E-state index in [1.807, 2.05) is 6.07 Å². The van der Waals surface area contributed by atoms with Gasteiger partial charge in [-0.15, -0.1) is 5.10 Å². The Kier molecular flexibility index (Phi) is 3.18. The monoisotopic (exact) mass is 275 g/mol. The van der Waals surface area contributed by atoms with Crippen LogP contribution in [0.1, 0.15) is 43.2 Å². The van der Waals surface area contributed by atoms with Crippen LogP contribution in [0.3, 0.4) is 0 Å². The quantitative estimate of drug-likeness (QED) is 0.622. The lowest BCUT2D eigenvalue weighted by Gasteiger charge is -2.11. The second-order valence-corrected chi connectivity index (χ2v) is 5.30. The van der Waals surface area contributed by atoms with E-state index in [4.69, 9.17) is 4.74 Å². The highest BCUT2D eigenvalue weighted by molar-refractivity contribution is 5.89. The van der Waals surface area contributed by atoms with E-state index < -0.39 is 17.7 Å². The van der Waals surface area contributed by atoms with Crippen LogP contribution >= 0.6 is 0 Å². The Bertz CT molecular complexity index is 576. The molecule has 0 spiro atoms. The summed E-state index contributed by atoms with van der Waals surface area (Å²) in [6.45, 7) is 0.